The van der Waals surface area contributed by atoms with Crippen LogP contribution in [0.25, 0.3) is 0 Å². The molecule has 1 aliphatic rings. The fourth-order valence-electron chi connectivity index (χ4n) is 4.33. The maximum absolute atomic E-state index is 12.1. The van der Waals surface area contributed by atoms with Gasteiger partial charge in [-0.2, -0.15) is 0 Å². The normalized spacial score (nSPS) is 17.7. The second-order valence-electron chi connectivity index (χ2n) is 7.37. The van der Waals surface area contributed by atoms with Crippen LogP contribution >= 0.6 is 15.9 Å². The molecule has 28 heavy (non-hydrogen) atoms. The van der Waals surface area contributed by atoms with E-state index < -0.39 is 5.60 Å². The summed E-state index contributed by atoms with van der Waals surface area (Å²) in [5, 5.41) is 22.6. The van der Waals surface area contributed by atoms with Gasteiger partial charge < -0.3 is 10.2 Å². The van der Waals surface area contributed by atoms with E-state index >= 15 is 0 Å². The first kappa shape index (κ1) is 19.2. The van der Waals surface area contributed by atoms with Gasteiger partial charge in [-0.15, -0.1) is 0 Å². The van der Waals surface area contributed by atoms with Crippen LogP contribution < -0.4 is 0 Å². The molecule has 144 valence electrons. The van der Waals surface area contributed by atoms with Crippen LogP contribution in [0.2, 0.25) is 0 Å². The fraction of sp³-hybridized carbons (Fsp3) is 0.250. The zero-order chi connectivity index (χ0) is 19.6. The molecule has 0 unspecified atom stereocenters. The number of para-hydroxylation sites is 1. The first-order valence-electron chi connectivity index (χ1n) is 9.64. The van der Waals surface area contributed by atoms with Gasteiger partial charge in [-0.05, 0) is 52.5 Å². The van der Waals surface area contributed by atoms with Crippen LogP contribution in [0.15, 0.2) is 83.3 Å². The summed E-state index contributed by atoms with van der Waals surface area (Å²) in [5.41, 5.74) is 1.55. The molecule has 1 heterocycles. The summed E-state index contributed by atoms with van der Waals surface area (Å²) >= 11 is 3.41. The van der Waals surface area contributed by atoms with Crippen LogP contribution in [0.1, 0.15) is 29.5 Å². The minimum Gasteiger partial charge on any atom is -0.506 e. The molecule has 4 heteroatoms. The number of benzene rings is 3. The Balaban J connectivity index is 1.74. The van der Waals surface area contributed by atoms with Gasteiger partial charge in [0.15, 0.2) is 0 Å². The number of hydrogen-bond donors (Lipinski definition) is 2. The topological polar surface area (TPSA) is 43.7 Å². The Hall–Kier alpha value is -2.14. The van der Waals surface area contributed by atoms with Gasteiger partial charge in [0.25, 0.3) is 0 Å². The summed E-state index contributed by atoms with van der Waals surface area (Å²) in [5.74, 6) is 0.274. The molecule has 1 saturated heterocycles. The Kier molecular flexibility index (Phi) is 5.54. The Morgan fingerprint density at radius 3 is 2.11 bits per heavy atom. The minimum absolute atomic E-state index is 0.0734. The van der Waals surface area contributed by atoms with Crippen molar-refractivity contribution in [2.24, 2.45) is 0 Å². The molecular formula is C24H24BrNO2. The predicted molar refractivity (Wildman–Crippen MR) is 115 cm³/mol. The molecule has 2 N–H and O–H groups in total. The third-order valence-electron chi connectivity index (χ3n) is 5.72. The molecule has 3 aromatic carbocycles. The highest BCUT2D eigenvalue weighted by molar-refractivity contribution is 9.10. The lowest BCUT2D eigenvalue weighted by atomic mass is 9.79. The number of aromatic hydroxyl groups is 1. The predicted octanol–water partition coefficient (Wildman–Crippen LogP) is 5.06. The number of aliphatic hydroxyl groups is 1. The van der Waals surface area contributed by atoms with Gasteiger partial charge in [0, 0.05) is 18.2 Å². The first-order valence-corrected chi connectivity index (χ1v) is 10.4. The van der Waals surface area contributed by atoms with Gasteiger partial charge in [-0.3, -0.25) is 4.90 Å². The first-order chi connectivity index (χ1) is 13.6. The third-order valence-corrected chi connectivity index (χ3v) is 6.36. The number of nitrogens with zero attached hydrogens (tertiary/aromatic N) is 1. The molecule has 3 aromatic rings. The van der Waals surface area contributed by atoms with E-state index in [1.54, 1.807) is 0 Å². The number of rotatable bonds is 5. The van der Waals surface area contributed by atoms with Crippen molar-refractivity contribution < 1.29 is 10.2 Å². The average Bonchev–Trinajstić information content (AvgIpc) is 3.21. The maximum atomic E-state index is 12.1. The summed E-state index contributed by atoms with van der Waals surface area (Å²) in [6.07, 6.45) is 1.91. The van der Waals surface area contributed by atoms with Crippen LogP contribution in [-0.2, 0) is 12.1 Å². The lowest BCUT2D eigenvalue weighted by Gasteiger charge is -2.40. The highest BCUT2D eigenvalue weighted by Crippen LogP contribution is 2.41. The van der Waals surface area contributed by atoms with Gasteiger partial charge in [0.2, 0.25) is 0 Å². The lowest BCUT2D eigenvalue weighted by Crippen LogP contribution is -2.48. The quantitative estimate of drug-likeness (QED) is 0.586. The molecule has 0 spiro atoms. The average molecular weight is 438 g/mol. The van der Waals surface area contributed by atoms with E-state index in [0.717, 1.165) is 36.1 Å². The molecule has 1 fully saturated rings. The molecule has 4 rings (SSSR count). The Bertz CT molecular complexity index is 890. The van der Waals surface area contributed by atoms with E-state index in [-0.39, 0.29) is 11.8 Å². The van der Waals surface area contributed by atoms with E-state index in [1.165, 1.54) is 0 Å². The highest BCUT2D eigenvalue weighted by atomic mass is 79.9. The second kappa shape index (κ2) is 8.08. The standard InChI is InChI=1S/C24H24BrNO2/c25-21-14-7-9-18(23(21)27)17-26-16-8-15-22(26)24(28,19-10-3-1-4-11-19)20-12-5-2-6-13-20/h1-7,9-14,22,27-28H,8,15-17H2/t22-/m1/s1. The van der Waals surface area contributed by atoms with E-state index in [9.17, 15) is 10.2 Å². The fourth-order valence-corrected chi connectivity index (χ4v) is 4.74. The van der Waals surface area contributed by atoms with Gasteiger partial charge in [0.05, 0.1) is 4.47 Å². The van der Waals surface area contributed by atoms with Gasteiger partial charge in [-0.25, -0.2) is 0 Å². The largest absolute Gasteiger partial charge is 0.506 e. The van der Waals surface area contributed by atoms with E-state index in [2.05, 4.69) is 20.8 Å². The number of phenolic OH excluding ortho intramolecular Hbond substituents is 1. The zero-order valence-corrected chi connectivity index (χ0v) is 17.2. The van der Waals surface area contributed by atoms with Crippen LogP contribution in [0.4, 0.5) is 0 Å². The SMILES string of the molecule is Oc1c(Br)cccc1CN1CCC[C@@H]1C(O)(c1ccccc1)c1ccccc1. The monoisotopic (exact) mass is 437 g/mol. The highest BCUT2D eigenvalue weighted by Gasteiger charge is 2.45. The minimum atomic E-state index is -1.11. The molecule has 0 bridgehead atoms. The molecule has 0 aromatic heterocycles. The molecule has 0 saturated carbocycles. The van der Waals surface area contributed by atoms with Gasteiger partial charge in [0.1, 0.15) is 11.4 Å². The molecule has 0 aliphatic carbocycles. The summed E-state index contributed by atoms with van der Waals surface area (Å²) < 4.78 is 0.696. The van der Waals surface area contributed by atoms with E-state index in [0.29, 0.717) is 11.0 Å². The van der Waals surface area contributed by atoms with Gasteiger partial charge in [-0.1, -0.05) is 72.8 Å². The van der Waals surface area contributed by atoms with Crippen molar-refractivity contribution in [2.45, 2.75) is 31.0 Å². The molecular weight excluding hydrogens is 414 g/mol. The van der Waals surface area contributed by atoms with Crippen molar-refractivity contribution in [1.29, 1.82) is 0 Å². The van der Waals surface area contributed by atoms with Crippen LogP contribution in [0, 0.1) is 0 Å². The number of halogens is 1. The number of likely N-dealkylation sites (tertiary alicyclic amines) is 1. The Labute approximate surface area is 174 Å². The van der Waals surface area contributed by atoms with Crippen molar-refractivity contribution in [2.75, 3.05) is 6.54 Å². The molecule has 1 atom stereocenters. The summed E-state index contributed by atoms with van der Waals surface area (Å²) in [4.78, 5) is 2.29. The summed E-state index contributed by atoms with van der Waals surface area (Å²) in [6.45, 7) is 1.48. The van der Waals surface area contributed by atoms with Crippen LogP contribution in [0.5, 0.6) is 5.75 Å². The van der Waals surface area contributed by atoms with Crippen molar-refractivity contribution in [3.05, 3.63) is 100 Å². The molecule has 0 radical (unpaired) electrons. The Morgan fingerprint density at radius 1 is 0.893 bits per heavy atom. The summed E-state index contributed by atoms with van der Waals surface area (Å²) in [6, 6.07) is 25.5. The molecule has 0 amide bonds. The van der Waals surface area contributed by atoms with Crippen molar-refractivity contribution in [3.8, 4) is 5.75 Å². The molecule has 3 nitrogen and oxygen atoms in total. The number of hydrogen-bond acceptors (Lipinski definition) is 3. The number of phenols is 1. The van der Waals surface area contributed by atoms with Gasteiger partial charge >= 0.3 is 0 Å². The van der Waals surface area contributed by atoms with Crippen molar-refractivity contribution in [1.82, 2.24) is 4.90 Å². The lowest BCUT2D eigenvalue weighted by molar-refractivity contribution is -0.00673. The Morgan fingerprint density at radius 2 is 1.50 bits per heavy atom. The maximum Gasteiger partial charge on any atom is 0.134 e. The van der Waals surface area contributed by atoms with Crippen LogP contribution in [0.3, 0.4) is 0 Å². The smallest absolute Gasteiger partial charge is 0.134 e. The summed E-state index contributed by atoms with van der Waals surface area (Å²) in [7, 11) is 0. The zero-order valence-electron chi connectivity index (χ0n) is 15.6. The second-order valence-corrected chi connectivity index (χ2v) is 8.23. The van der Waals surface area contributed by atoms with E-state index in [4.69, 9.17) is 0 Å². The van der Waals surface area contributed by atoms with Crippen molar-refractivity contribution >= 4 is 15.9 Å². The van der Waals surface area contributed by atoms with E-state index in [1.807, 2.05) is 78.9 Å². The third kappa shape index (κ3) is 3.48. The van der Waals surface area contributed by atoms with Crippen molar-refractivity contribution in [3.63, 3.8) is 0 Å². The molecule has 1 aliphatic heterocycles. The van der Waals surface area contributed by atoms with Crippen LogP contribution in [-0.4, -0.2) is 27.7 Å².